The van der Waals surface area contributed by atoms with E-state index in [4.69, 9.17) is 10.9 Å². The third-order valence-electron chi connectivity index (χ3n) is 2.60. The van der Waals surface area contributed by atoms with Gasteiger partial charge in [0.25, 0.3) is 10.0 Å². The number of nitrogens with zero attached hydrogens (tertiary/aromatic N) is 3. The number of rotatable bonds is 7. The van der Waals surface area contributed by atoms with Crippen molar-refractivity contribution < 1.29 is 13.6 Å². The highest BCUT2D eigenvalue weighted by Crippen LogP contribution is 2.08. The van der Waals surface area contributed by atoms with Crippen molar-refractivity contribution in [3.63, 3.8) is 0 Å². The standard InChI is InChI=1S/C10H19N5O3S/c1-3-15-7-10(13-8(15)2)19(17,18)12-6-4-5-9(11)14-16/h7,12,16H,3-6H2,1-2H3,(H2,11,14). The van der Waals surface area contributed by atoms with E-state index >= 15 is 0 Å². The molecule has 0 amide bonds. The lowest BCUT2D eigenvalue weighted by Crippen LogP contribution is -2.26. The van der Waals surface area contributed by atoms with Gasteiger partial charge < -0.3 is 15.5 Å². The first kappa shape index (κ1) is 15.4. The first-order valence-electron chi connectivity index (χ1n) is 5.90. The van der Waals surface area contributed by atoms with E-state index in [0.717, 1.165) is 0 Å². The smallest absolute Gasteiger partial charge is 0.259 e. The predicted octanol–water partition coefficient (Wildman–Crippen LogP) is 0.0163. The molecule has 0 radical (unpaired) electrons. The Morgan fingerprint density at radius 2 is 2.32 bits per heavy atom. The Bertz CT molecular complexity index is 550. The van der Waals surface area contributed by atoms with Crippen LogP contribution in [0.1, 0.15) is 25.6 Å². The number of aryl methyl sites for hydroxylation is 2. The molecule has 1 heterocycles. The Hall–Kier alpha value is -1.61. The molecule has 9 heteroatoms. The van der Waals surface area contributed by atoms with Gasteiger partial charge in [-0.05, 0) is 20.3 Å². The van der Waals surface area contributed by atoms with Gasteiger partial charge in [0, 0.05) is 25.7 Å². The Morgan fingerprint density at radius 1 is 1.63 bits per heavy atom. The lowest BCUT2D eigenvalue weighted by atomic mass is 10.3. The normalized spacial score (nSPS) is 12.8. The van der Waals surface area contributed by atoms with E-state index in [1.807, 2.05) is 6.92 Å². The molecule has 0 bridgehead atoms. The molecule has 0 spiro atoms. The van der Waals surface area contributed by atoms with E-state index in [-0.39, 0.29) is 17.4 Å². The highest BCUT2D eigenvalue weighted by Gasteiger charge is 2.18. The summed E-state index contributed by atoms with van der Waals surface area (Å²) < 4.78 is 28.0. The minimum absolute atomic E-state index is 0.00986. The van der Waals surface area contributed by atoms with Crippen LogP contribution in [0, 0.1) is 6.92 Å². The van der Waals surface area contributed by atoms with Crippen molar-refractivity contribution in [3.05, 3.63) is 12.0 Å². The number of amidine groups is 1. The van der Waals surface area contributed by atoms with E-state index in [1.165, 1.54) is 6.20 Å². The summed E-state index contributed by atoms with van der Waals surface area (Å²) in [5.74, 6) is 0.727. The molecule has 1 rings (SSSR count). The zero-order valence-electron chi connectivity index (χ0n) is 11.0. The summed E-state index contributed by atoms with van der Waals surface area (Å²) >= 11 is 0. The number of sulfonamides is 1. The second-order valence-corrected chi connectivity index (χ2v) is 5.72. The minimum atomic E-state index is -3.60. The molecule has 0 atom stereocenters. The van der Waals surface area contributed by atoms with E-state index in [1.54, 1.807) is 11.5 Å². The van der Waals surface area contributed by atoms with Crippen LogP contribution in [0.2, 0.25) is 0 Å². The molecule has 0 saturated carbocycles. The van der Waals surface area contributed by atoms with Crippen LogP contribution in [0.25, 0.3) is 0 Å². The first-order chi connectivity index (χ1) is 8.90. The van der Waals surface area contributed by atoms with Crippen LogP contribution < -0.4 is 10.5 Å². The fourth-order valence-electron chi connectivity index (χ4n) is 1.53. The van der Waals surface area contributed by atoms with Crippen LogP contribution in [-0.2, 0) is 16.6 Å². The molecule has 19 heavy (non-hydrogen) atoms. The van der Waals surface area contributed by atoms with Gasteiger partial charge in [-0.25, -0.2) is 18.1 Å². The number of hydrogen-bond donors (Lipinski definition) is 3. The van der Waals surface area contributed by atoms with Crippen molar-refractivity contribution in [1.29, 1.82) is 0 Å². The summed E-state index contributed by atoms with van der Waals surface area (Å²) in [7, 11) is -3.60. The Balaban J connectivity index is 2.60. The quantitative estimate of drug-likeness (QED) is 0.215. The molecule has 108 valence electrons. The minimum Gasteiger partial charge on any atom is -0.409 e. The molecule has 8 nitrogen and oxygen atoms in total. The van der Waals surface area contributed by atoms with Crippen molar-refractivity contribution in [3.8, 4) is 0 Å². The highest BCUT2D eigenvalue weighted by atomic mass is 32.2. The molecule has 0 aromatic carbocycles. The number of imidazole rings is 1. The van der Waals surface area contributed by atoms with Crippen LogP contribution >= 0.6 is 0 Å². The largest absolute Gasteiger partial charge is 0.409 e. The van der Waals surface area contributed by atoms with Gasteiger partial charge in [-0.15, -0.1) is 0 Å². The van der Waals surface area contributed by atoms with Gasteiger partial charge in [0.2, 0.25) is 0 Å². The Kier molecular flexibility index (Phi) is 5.31. The number of oxime groups is 1. The van der Waals surface area contributed by atoms with Gasteiger partial charge in [-0.1, -0.05) is 5.16 Å². The first-order valence-corrected chi connectivity index (χ1v) is 7.39. The molecule has 0 aliphatic carbocycles. The maximum Gasteiger partial charge on any atom is 0.259 e. The number of hydrogen-bond acceptors (Lipinski definition) is 5. The van der Waals surface area contributed by atoms with Gasteiger partial charge >= 0.3 is 0 Å². The van der Waals surface area contributed by atoms with Gasteiger partial charge in [-0.2, -0.15) is 0 Å². The third kappa shape index (κ3) is 4.21. The number of aromatic nitrogens is 2. The van der Waals surface area contributed by atoms with Crippen LogP contribution in [0.3, 0.4) is 0 Å². The van der Waals surface area contributed by atoms with Crippen molar-refractivity contribution in [2.45, 2.75) is 38.3 Å². The van der Waals surface area contributed by atoms with E-state index in [2.05, 4.69) is 14.9 Å². The summed E-state index contributed by atoms with van der Waals surface area (Å²) in [6.45, 7) is 4.53. The summed E-state index contributed by atoms with van der Waals surface area (Å²) in [6.07, 6.45) is 2.27. The van der Waals surface area contributed by atoms with Crippen molar-refractivity contribution in [1.82, 2.24) is 14.3 Å². The summed E-state index contributed by atoms with van der Waals surface area (Å²) in [4.78, 5) is 4.01. The maximum atomic E-state index is 11.9. The van der Waals surface area contributed by atoms with Crippen molar-refractivity contribution in [2.75, 3.05) is 6.54 Å². The highest BCUT2D eigenvalue weighted by molar-refractivity contribution is 7.89. The zero-order chi connectivity index (χ0) is 14.5. The van der Waals surface area contributed by atoms with Gasteiger partial charge in [0.15, 0.2) is 5.03 Å². The summed E-state index contributed by atoms with van der Waals surface area (Å²) in [5, 5.41) is 11.2. The molecule has 0 aliphatic rings. The molecule has 0 fully saturated rings. The fourth-order valence-corrected chi connectivity index (χ4v) is 2.61. The molecule has 4 N–H and O–H groups in total. The van der Waals surface area contributed by atoms with Gasteiger partial charge in [-0.3, -0.25) is 0 Å². The monoisotopic (exact) mass is 289 g/mol. The Morgan fingerprint density at radius 3 is 2.84 bits per heavy atom. The molecule has 0 saturated heterocycles. The second kappa shape index (κ2) is 6.53. The topological polar surface area (TPSA) is 123 Å². The van der Waals surface area contributed by atoms with Crippen molar-refractivity contribution >= 4 is 15.9 Å². The van der Waals surface area contributed by atoms with Crippen molar-refractivity contribution in [2.24, 2.45) is 10.9 Å². The van der Waals surface area contributed by atoms with E-state index in [9.17, 15) is 8.42 Å². The lowest BCUT2D eigenvalue weighted by Gasteiger charge is -2.03. The summed E-state index contributed by atoms with van der Waals surface area (Å²) in [5.41, 5.74) is 5.28. The fraction of sp³-hybridized carbons (Fsp3) is 0.600. The number of nitrogens with one attached hydrogen (secondary N) is 1. The Labute approximate surface area is 112 Å². The molecule has 0 unspecified atom stereocenters. The molecular formula is C10H19N5O3S. The average Bonchev–Trinajstić information content (AvgIpc) is 2.76. The SMILES string of the molecule is CCn1cc(S(=O)(=O)NCCCC(N)=NO)nc1C. The predicted molar refractivity (Wildman–Crippen MR) is 70.5 cm³/mol. The molecule has 1 aromatic rings. The summed E-state index contributed by atoms with van der Waals surface area (Å²) in [6, 6.07) is 0. The second-order valence-electron chi connectivity index (χ2n) is 4.01. The van der Waals surface area contributed by atoms with Crippen LogP contribution in [0.15, 0.2) is 16.4 Å². The lowest BCUT2D eigenvalue weighted by molar-refractivity contribution is 0.316. The van der Waals surface area contributed by atoms with Gasteiger partial charge in [0.1, 0.15) is 11.7 Å². The molecule has 0 aliphatic heterocycles. The van der Waals surface area contributed by atoms with Crippen LogP contribution in [0.5, 0.6) is 0 Å². The number of nitrogens with two attached hydrogens (primary N) is 1. The van der Waals surface area contributed by atoms with Crippen LogP contribution in [-0.4, -0.2) is 35.6 Å². The third-order valence-corrected chi connectivity index (χ3v) is 3.93. The zero-order valence-corrected chi connectivity index (χ0v) is 11.8. The van der Waals surface area contributed by atoms with Crippen LogP contribution in [0.4, 0.5) is 0 Å². The maximum absolute atomic E-state index is 11.9. The average molecular weight is 289 g/mol. The van der Waals surface area contributed by atoms with E-state index < -0.39 is 10.0 Å². The molecule has 1 aromatic heterocycles. The van der Waals surface area contributed by atoms with Gasteiger partial charge in [0.05, 0.1) is 0 Å². The molecular weight excluding hydrogens is 270 g/mol. The van der Waals surface area contributed by atoms with E-state index in [0.29, 0.717) is 25.2 Å².